The summed E-state index contributed by atoms with van der Waals surface area (Å²) in [7, 11) is 1.70. The smallest absolute Gasteiger partial charge is 0.0701 e. The number of nitrogens with one attached hydrogen (secondary N) is 1. The zero-order valence-electron chi connectivity index (χ0n) is 12.6. The molecule has 2 N–H and O–H groups in total. The van der Waals surface area contributed by atoms with E-state index in [1.165, 1.54) is 25.7 Å². The minimum Gasteiger partial charge on any atom is -0.394 e. The maximum atomic E-state index is 9.78. The topological polar surface area (TPSA) is 60.0 Å². The fourth-order valence-electron chi connectivity index (χ4n) is 2.55. The Morgan fingerprint density at radius 1 is 1.05 bits per heavy atom. The molecule has 0 aromatic heterocycles. The predicted octanol–water partition coefficient (Wildman–Crippen LogP) is 0.949. The van der Waals surface area contributed by atoms with Crippen molar-refractivity contribution in [3.8, 4) is 0 Å². The van der Waals surface area contributed by atoms with Crippen LogP contribution in [0.2, 0.25) is 0 Å². The van der Waals surface area contributed by atoms with Crippen LogP contribution < -0.4 is 5.32 Å². The number of ether oxygens (including phenoxy) is 3. The summed E-state index contributed by atoms with van der Waals surface area (Å²) in [5, 5.41) is 13.4. The van der Waals surface area contributed by atoms with Gasteiger partial charge in [-0.25, -0.2) is 0 Å². The van der Waals surface area contributed by atoms with Crippen molar-refractivity contribution in [3.63, 3.8) is 0 Å². The summed E-state index contributed by atoms with van der Waals surface area (Å²) in [5.74, 6) is 0.579. The van der Waals surface area contributed by atoms with E-state index in [-0.39, 0.29) is 12.1 Å². The molecule has 0 spiro atoms. The number of methoxy groups -OCH3 is 1. The SMILES string of the molecule is COCCCOCCOCC(CO)(NC1CC1)C1CC1. The zero-order chi connectivity index (χ0) is 14.3. The van der Waals surface area contributed by atoms with E-state index in [2.05, 4.69) is 5.32 Å². The van der Waals surface area contributed by atoms with E-state index in [1.54, 1.807) is 7.11 Å². The van der Waals surface area contributed by atoms with E-state index < -0.39 is 0 Å². The largest absolute Gasteiger partial charge is 0.394 e. The average Bonchev–Trinajstić information content (AvgIpc) is 3.33. The fourth-order valence-corrected chi connectivity index (χ4v) is 2.55. The van der Waals surface area contributed by atoms with Crippen molar-refractivity contribution in [1.82, 2.24) is 5.32 Å². The lowest BCUT2D eigenvalue weighted by Gasteiger charge is -2.33. The van der Waals surface area contributed by atoms with Gasteiger partial charge >= 0.3 is 0 Å². The Morgan fingerprint density at radius 3 is 2.40 bits per heavy atom. The molecule has 2 fully saturated rings. The van der Waals surface area contributed by atoms with Crippen LogP contribution >= 0.6 is 0 Å². The first-order valence-corrected chi connectivity index (χ1v) is 7.84. The number of aliphatic hydroxyl groups is 1. The van der Waals surface area contributed by atoms with Gasteiger partial charge in [0.25, 0.3) is 0 Å². The zero-order valence-corrected chi connectivity index (χ0v) is 12.6. The third-order valence-corrected chi connectivity index (χ3v) is 4.08. The summed E-state index contributed by atoms with van der Waals surface area (Å²) in [6.45, 7) is 3.41. The van der Waals surface area contributed by atoms with E-state index in [9.17, 15) is 5.11 Å². The minimum atomic E-state index is -0.211. The van der Waals surface area contributed by atoms with Crippen LogP contribution in [0.25, 0.3) is 0 Å². The molecule has 0 heterocycles. The van der Waals surface area contributed by atoms with Gasteiger partial charge in [-0.15, -0.1) is 0 Å². The van der Waals surface area contributed by atoms with Crippen molar-refractivity contribution in [3.05, 3.63) is 0 Å². The van der Waals surface area contributed by atoms with Gasteiger partial charge in [0.2, 0.25) is 0 Å². The van der Waals surface area contributed by atoms with E-state index in [0.717, 1.165) is 13.0 Å². The highest BCUT2D eigenvalue weighted by Gasteiger charge is 2.47. The Bertz CT molecular complexity index is 269. The van der Waals surface area contributed by atoms with Crippen LogP contribution in [0.1, 0.15) is 32.1 Å². The molecule has 0 bridgehead atoms. The van der Waals surface area contributed by atoms with E-state index >= 15 is 0 Å². The first-order valence-electron chi connectivity index (χ1n) is 7.84. The van der Waals surface area contributed by atoms with Crippen LogP contribution in [-0.2, 0) is 14.2 Å². The highest BCUT2D eigenvalue weighted by atomic mass is 16.5. The molecule has 1 unspecified atom stereocenters. The molecule has 0 aliphatic heterocycles. The van der Waals surface area contributed by atoms with E-state index in [1.807, 2.05) is 0 Å². The lowest BCUT2D eigenvalue weighted by Crippen LogP contribution is -2.55. The first-order chi connectivity index (χ1) is 9.80. The van der Waals surface area contributed by atoms with Crippen LogP contribution in [-0.4, -0.2) is 63.4 Å². The van der Waals surface area contributed by atoms with Gasteiger partial charge in [0.05, 0.1) is 32.0 Å². The molecule has 5 heteroatoms. The van der Waals surface area contributed by atoms with Crippen molar-refractivity contribution >= 4 is 0 Å². The van der Waals surface area contributed by atoms with Crippen LogP contribution in [0, 0.1) is 5.92 Å². The Labute approximate surface area is 122 Å². The molecular weight excluding hydrogens is 258 g/mol. The lowest BCUT2D eigenvalue weighted by atomic mass is 9.95. The van der Waals surface area contributed by atoms with Crippen LogP contribution in [0.3, 0.4) is 0 Å². The standard InChI is InChI=1S/C15H29NO4/c1-18-7-2-8-19-9-10-20-12-15(11-17,13-3-4-13)16-14-5-6-14/h13-14,16-17H,2-12H2,1H3. The molecule has 2 aliphatic rings. The molecule has 0 radical (unpaired) electrons. The average molecular weight is 287 g/mol. The second-order valence-corrected chi connectivity index (χ2v) is 6.02. The monoisotopic (exact) mass is 287 g/mol. The predicted molar refractivity (Wildman–Crippen MR) is 76.8 cm³/mol. The lowest BCUT2D eigenvalue weighted by molar-refractivity contribution is -0.00724. The van der Waals surface area contributed by atoms with Crippen molar-refractivity contribution < 1.29 is 19.3 Å². The van der Waals surface area contributed by atoms with Gasteiger partial charge in [-0.1, -0.05) is 0 Å². The third kappa shape index (κ3) is 5.30. The third-order valence-electron chi connectivity index (χ3n) is 4.08. The molecule has 118 valence electrons. The van der Waals surface area contributed by atoms with Gasteiger partial charge in [0, 0.05) is 26.4 Å². The molecule has 20 heavy (non-hydrogen) atoms. The van der Waals surface area contributed by atoms with E-state index in [0.29, 0.717) is 38.4 Å². The van der Waals surface area contributed by atoms with E-state index in [4.69, 9.17) is 14.2 Å². The maximum absolute atomic E-state index is 9.78. The molecule has 0 saturated heterocycles. The highest BCUT2D eigenvalue weighted by molar-refractivity contribution is 5.04. The second kappa shape index (κ2) is 8.29. The molecule has 2 aliphatic carbocycles. The van der Waals surface area contributed by atoms with Gasteiger partial charge < -0.3 is 24.6 Å². The Hall–Kier alpha value is -0.200. The van der Waals surface area contributed by atoms with Gasteiger partial charge in [-0.05, 0) is 38.0 Å². The van der Waals surface area contributed by atoms with Crippen molar-refractivity contribution in [2.45, 2.75) is 43.7 Å². The van der Waals surface area contributed by atoms with Crippen LogP contribution in [0.4, 0.5) is 0 Å². The number of rotatable bonds is 13. The highest BCUT2D eigenvalue weighted by Crippen LogP contribution is 2.41. The van der Waals surface area contributed by atoms with Gasteiger partial charge in [0.1, 0.15) is 0 Å². The van der Waals surface area contributed by atoms with Crippen LogP contribution in [0.5, 0.6) is 0 Å². The quantitative estimate of drug-likeness (QED) is 0.494. The Balaban J connectivity index is 1.57. The first kappa shape index (κ1) is 16.2. The van der Waals surface area contributed by atoms with Gasteiger partial charge in [-0.2, -0.15) is 0 Å². The number of hydrogen-bond acceptors (Lipinski definition) is 5. The van der Waals surface area contributed by atoms with Crippen LogP contribution in [0.15, 0.2) is 0 Å². The summed E-state index contributed by atoms with van der Waals surface area (Å²) in [5.41, 5.74) is -0.211. The molecule has 2 saturated carbocycles. The Kier molecular flexibility index (Phi) is 6.71. The molecule has 0 aromatic carbocycles. The molecular formula is C15H29NO4. The number of hydrogen-bond donors (Lipinski definition) is 2. The fraction of sp³-hybridized carbons (Fsp3) is 1.00. The summed E-state index contributed by atoms with van der Waals surface area (Å²) in [4.78, 5) is 0. The maximum Gasteiger partial charge on any atom is 0.0701 e. The second-order valence-electron chi connectivity index (χ2n) is 6.02. The molecule has 2 rings (SSSR count). The van der Waals surface area contributed by atoms with Gasteiger partial charge in [0.15, 0.2) is 0 Å². The van der Waals surface area contributed by atoms with Crippen molar-refractivity contribution in [2.24, 2.45) is 5.92 Å². The Morgan fingerprint density at radius 2 is 1.80 bits per heavy atom. The summed E-state index contributed by atoms with van der Waals surface area (Å²) in [6, 6.07) is 0.594. The summed E-state index contributed by atoms with van der Waals surface area (Å²) < 4.78 is 16.2. The van der Waals surface area contributed by atoms with Crippen molar-refractivity contribution in [1.29, 1.82) is 0 Å². The van der Waals surface area contributed by atoms with Crippen molar-refractivity contribution in [2.75, 3.05) is 46.8 Å². The number of aliphatic hydroxyl groups excluding tert-OH is 1. The molecule has 0 aromatic rings. The summed E-state index contributed by atoms with van der Waals surface area (Å²) in [6.07, 6.45) is 5.80. The normalized spacial score (nSPS) is 21.9. The molecule has 5 nitrogen and oxygen atoms in total. The molecule has 0 amide bonds. The minimum absolute atomic E-state index is 0.170. The molecule has 1 atom stereocenters. The van der Waals surface area contributed by atoms with Gasteiger partial charge in [-0.3, -0.25) is 0 Å². The summed E-state index contributed by atoms with van der Waals surface area (Å²) >= 11 is 0.